The minimum Gasteiger partial charge on any atom is -0.493 e. The second kappa shape index (κ2) is 12.1. The Bertz CT molecular complexity index is 1650. The van der Waals surface area contributed by atoms with Gasteiger partial charge in [-0.3, -0.25) is 4.79 Å². The molecule has 39 heavy (non-hydrogen) atoms. The van der Waals surface area contributed by atoms with Crippen molar-refractivity contribution in [3.63, 3.8) is 0 Å². The molecule has 0 N–H and O–H groups in total. The quantitative estimate of drug-likeness (QED) is 0.196. The van der Waals surface area contributed by atoms with Gasteiger partial charge in [0.25, 0.3) is 5.56 Å². The van der Waals surface area contributed by atoms with Gasteiger partial charge in [0.2, 0.25) is 0 Å². The van der Waals surface area contributed by atoms with Crippen LogP contribution in [-0.4, -0.2) is 23.0 Å². The van der Waals surface area contributed by atoms with Gasteiger partial charge >= 0.3 is 0 Å². The first kappa shape index (κ1) is 27.1. The molecule has 1 aliphatic rings. The Morgan fingerprint density at radius 1 is 1.10 bits per heavy atom. The molecule has 5 rings (SSSR count). The minimum atomic E-state index is -0.197. The first-order valence-electron chi connectivity index (χ1n) is 12.7. The van der Waals surface area contributed by atoms with Crippen LogP contribution in [0.4, 0.5) is 0 Å². The summed E-state index contributed by atoms with van der Waals surface area (Å²) >= 11 is 7.08. The van der Waals surface area contributed by atoms with Gasteiger partial charge in [-0.15, -0.1) is 0 Å². The second-order valence-corrected chi connectivity index (χ2v) is 11.2. The standard InChI is InChI=1S/C30H26Br2N4O3/c1-38-27-13-22(25(32)15-28(27)39-18-21-10-6-5-9-20(21)16-33)17-34-36-29(19-7-3-2-4-8-19)35-26-12-11-23(31)14-24(26)30(36)37/h5-6,9-15,17,19H,2-4,7-8,18H2,1H3. The van der Waals surface area contributed by atoms with Gasteiger partial charge in [-0.05, 0) is 65.2 Å². The average Bonchev–Trinajstić information content (AvgIpc) is 2.97. The van der Waals surface area contributed by atoms with Crippen molar-refractivity contribution in [2.75, 3.05) is 7.11 Å². The molecule has 0 saturated heterocycles. The molecule has 0 bridgehead atoms. The van der Waals surface area contributed by atoms with E-state index < -0.39 is 0 Å². The number of halogens is 2. The molecule has 1 heterocycles. The van der Waals surface area contributed by atoms with Crippen LogP contribution >= 0.6 is 31.9 Å². The Hall–Kier alpha value is -3.48. The predicted molar refractivity (Wildman–Crippen MR) is 159 cm³/mol. The van der Waals surface area contributed by atoms with Crippen molar-refractivity contribution < 1.29 is 9.47 Å². The van der Waals surface area contributed by atoms with Crippen LogP contribution in [0.15, 0.2) is 73.4 Å². The second-order valence-electron chi connectivity index (χ2n) is 9.41. The summed E-state index contributed by atoms with van der Waals surface area (Å²) in [6.07, 6.45) is 7.05. The molecule has 0 spiro atoms. The fourth-order valence-corrected chi connectivity index (χ4v) is 5.64. The van der Waals surface area contributed by atoms with E-state index in [1.165, 1.54) is 11.1 Å². The molecule has 0 atom stereocenters. The van der Waals surface area contributed by atoms with Crippen molar-refractivity contribution in [3.05, 3.63) is 96.4 Å². The lowest BCUT2D eigenvalue weighted by Crippen LogP contribution is -2.25. The van der Waals surface area contributed by atoms with Crippen LogP contribution in [0.5, 0.6) is 11.5 Å². The molecule has 1 aromatic heterocycles. The summed E-state index contributed by atoms with van der Waals surface area (Å²) < 4.78 is 14.6. The number of ether oxygens (including phenoxy) is 2. The highest BCUT2D eigenvalue weighted by molar-refractivity contribution is 9.10. The highest BCUT2D eigenvalue weighted by atomic mass is 79.9. The van der Waals surface area contributed by atoms with E-state index in [0.717, 1.165) is 40.2 Å². The zero-order valence-electron chi connectivity index (χ0n) is 21.4. The number of hydrogen-bond donors (Lipinski definition) is 0. The molecule has 1 aliphatic carbocycles. The number of nitrogens with zero attached hydrogens (tertiary/aromatic N) is 4. The number of nitriles is 1. The van der Waals surface area contributed by atoms with Gasteiger partial charge in [-0.25, -0.2) is 4.98 Å². The molecule has 0 aliphatic heterocycles. The fourth-order valence-electron chi connectivity index (χ4n) is 4.86. The number of aromatic nitrogens is 2. The highest BCUT2D eigenvalue weighted by Gasteiger charge is 2.22. The fraction of sp³-hybridized carbons (Fsp3) is 0.267. The smallest absolute Gasteiger partial charge is 0.282 e. The van der Waals surface area contributed by atoms with Gasteiger partial charge in [0, 0.05) is 26.0 Å². The normalized spacial score (nSPS) is 14.0. The average molecular weight is 650 g/mol. The van der Waals surface area contributed by atoms with Crippen molar-refractivity contribution in [2.24, 2.45) is 5.10 Å². The molecule has 1 fully saturated rings. The van der Waals surface area contributed by atoms with Crippen molar-refractivity contribution >= 4 is 49.0 Å². The molecular formula is C30H26Br2N4O3. The molecule has 3 aromatic carbocycles. The number of methoxy groups -OCH3 is 1. The van der Waals surface area contributed by atoms with Crippen molar-refractivity contribution in [3.8, 4) is 17.6 Å². The minimum absolute atomic E-state index is 0.182. The molecule has 4 aromatic rings. The molecule has 0 radical (unpaired) electrons. The summed E-state index contributed by atoms with van der Waals surface area (Å²) in [5.41, 5.74) is 2.55. The number of rotatable bonds is 7. The maximum atomic E-state index is 13.6. The lowest BCUT2D eigenvalue weighted by Gasteiger charge is -2.22. The zero-order chi connectivity index (χ0) is 27.4. The van der Waals surface area contributed by atoms with E-state index in [-0.39, 0.29) is 18.1 Å². The molecule has 7 nitrogen and oxygen atoms in total. The van der Waals surface area contributed by atoms with E-state index in [0.29, 0.717) is 39.4 Å². The first-order valence-corrected chi connectivity index (χ1v) is 14.3. The van der Waals surface area contributed by atoms with Crippen LogP contribution in [0.25, 0.3) is 10.9 Å². The highest BCUT2D eigenvalue weighted by Crippen LogP contribution is 2.34. The van der Waals surface area contributed by atoms with Crippen LogP contribution in [0.2, 0.25) is 0 Å². The Kier molecular flexibility index (Phi) is 8.44. The maximum Gasteiger partial charge on any atom is 0.282 e. The van der Waals surface area contributed by atoms with Crippen LogP contribution in [-0.2, 0) is 6.61 Å². The van der Waals surface area contributed by atoms with Crippen molar-refractivity contribution in [2.45, 2.75) is 44.6 Å². The van der Waals surface area contributed by atoms with E-state index >= 15 is 0 Å². The van der Waals surface area contributed by atoms with Gasteiger partial charge < -0.3 is 9.47 Å². The molecule has 0 amide bonds. The molecule has 0 unspecified atom stereocenters. The maximum absolute atomic E-state index is 13.6. The molecule has 198 valence electrons. The van der Waals surface area contributed by atoms with Crippen LogP contribution in [0.1, 0.15) is 60.5 Å². The van der Waals surface area contributed by atoms with Crippen LogP contribution in [0.3, 0.4) is 0 Å². The van der Waals surface area contributed by atoms with Crippen LogP contribution in [0, 0.1) is 11.3 Å². The molecule has 1 saturated carbocycles. The SMILES string of the molecule is COc1cc(C=Nn2c(C3CCCCC3)nc3ccc(Br)cc3c2=O)c(Br)cc1OCc1ccccc1C#N. The Labute approximate surface area is 243 Å². The van der Waals surface area contributed by atoms with E-state index in [4.69, 9.17) is 14.5 Å². The Balaban J connectivity index is 1.50. The summed E-state index contributed by atoms with van der Waals surface area (Å²) in [5, 5.41) is 14.5. The zero-order valence-corrected chi connectivity index (χ0v) is 24.5. The molecular weight excluding hydrogens is 624 g/mol. The van der Waals surface area contributed by atoms with Gasteiger partial charge in [-0.1, -0.05) is 53.4 Å². The third-order valence-corrected chi connectivity index (χ3v) is 8.10. The largest absolute Gasteiger partial charge is 0.493 e. The number of benzene rings is 3. The third kappa shape index (κ3) is 5.92. The van der Waals surface area contributed by atoms with Crippen molar-refractivity contribution in [1.82, 2.24) is 9.66 Å². The summed E-state index contributed by atoms with van der Waals surface area (Å²) in [5.74, 6) is 1.91. The van der Waals surface area contributed by atoms with Gasteiger partial charge in [-0.2, -0.15) is 15.0 Å². The summed E-state index contributed by atoms with van der Waals surface area (Å²) in [7, 11) is 1.57. The summed E-state index contributed by atoms with van der Waals surface area (Å²) in [6.45, 7) is 0.221. The lowest BCUT2D eigenvalue weighted by atomic mass is 9.88. The van der Waals surface area contributed by atoms with E-state index in [1.54, 1.807) is 37.6 Å². The van der Waals surface area contributed by atoms with Gasteiger partial charge in [0.05, 0.1) is 35.9 Å². The number of fused-ring (bicyclic) bond motifs is 1. The monoisotopic (exact) mass is 648 g/mol. The van der Waals surface area contributed by atoms with Crippen molar-refractivity contribution in [1.29, 1.82) is 5.26 Å². The summed E-state index contributed by atoms with van der Waals surface area (Å²) in [4.78, 5) is 18.5. The Morgan fingerprint density at radius 2 is 1.90 bits per heavy atom. The van der Waals surface area contributed by atoms with Gasteiger partial charge in [0.15, 0.2) is 11.5 Å². The van der Waals surface area contributed by atoms with Crippen LogP contribution < -0.4 is 15.0 Å². The molecule has 9 heteroatoms. The first-order chi connectivity index (χ1) is 19.0. The van der Waals surface area contributed by atoms with Gasteiger partial charge in [0.1, 0.15) is 12.4 Å². The Morgan fingerprint density at radius 3 is 2.67 bits per heavy atom. The predicted octanol–water partition coefficient (Wildman–Crippen LogP) is 7.31. The van der Waals surface area contributed by atoms with E-state index in [1.807, 2.05) is 30.3 Å². The van der Waals surface area contributed by atoms with E-state index in [2.05, 4.69) is 43.0 Å². The number of hydrogen-bond acceptors (Lipinski definition) is 6. The topological polar surface area (TPSA) is 89.5 Å². The summed E-state index contributed by atoms with van der Waals surface area (Å²) in [6, 6.07) is 18.7. The lowest BCUT2D eigenvalue weighted by molar-refractivity contribution is 0.284. The van der Waals surface area contributed by atoms with E-state index in [9.17, 15) is 10.1 Å². The third-order valence-electron chi connectivity index (χ3n) is 6.92.